The minimum Gasteiger partial charge on any atom is -0.313 e. The Balaban J connectivity index is 3.03. The Morgan fingerprint density at radius 3 is 3.27 bits per heavy atom. The molecule has 0 spiro atoms. The minimum atomic E-state index is -0.205. The van der Waals surface area contributed by atoms with Crippen LogP contribution in [0.15, 0.2) is 23.4 Å². The molecule has 2 rings (SSSR count). The van der Waals surface area contributed by atoms with Crippen molar-refractivity contribution in [3.8, 4) is 0 Å². The molecule has 4 nitrogen and oxygen atoms in total. The van der Waals surface area contributed by atoms with Crippen LogP contribution >= 0.6 is 0 Å². The van der Waals surface area contributed by atoms with Crippen LogP contribution in [0.25, 0.3) is 10.9 Å². The third-order valence-electron chi connectivity index (χ3n) is 1.37. The van der Waals surface area contributed by atoms with Gasteiger partial charge in [0.25, 0.3) is 5.56 Å². The fourth-order valence-electron chi connectivity index (χ4n) is 0.858. The normalized spacial score (nSPS) is 10.2. The second-order valence-electron chi connectivity index (χ2n) is 2.05. The lowest BCUT2D eigenvalue weighted by Crippen LogP contribution is -2.06. The van der Waals surface area contributed by atoms with Crippen LogP contribution in [-0.2, 0) is 0 Å². The van der Waals surface area contributed by atoms with E-state index in [1.165, 1.54) is 6.33 Å². The van der Waals surface area contributed by atoms with Gasteiger partial charge in [-0.25, -0.2) is 4.98 Å². The summed E-state index contributed by atoms with van der Waals surface area (Å²) >= 11 is 0. The van der Waals surface area contributed by atoms with Crippen molar-refractivity contribution >= 4 is 10.9 Å². The standard InChI is InChI=1S/C7H4N3O/c11-7-5-3-8-2-1-6(5)9-4-10-7/h1-2,4H,(H,9,10,11). The van der Waals surface area contributed by atoms with E-state index in [0.29, 0.717) is 10.9 Å². The average Bonchev–Trinajstić information content (AvgIpc) is 2.06. The maximum Gasteiger partial charge on any atom is 0.260 e. The molecular formula is C7H4N3O. The van der Waals surface area contributed by atoms with Gasteiger partial charge in [-0.1, -0.05) is 0 Å². The van der Waals surface area contributed by atoms with E-state index in [9.17, 15) is 4.79 Å². The van der Waals surface area contributed by atoms with Gasteiger partial charge in [-0.3, -0.25) is 9.78 Å². The van der Waals surface area contributed by atoms with Crippen molar-refractivity contribution in [2.75, 3.05) is 0 Å². The van der Waals surface area contributed by atoms with E-state index in [-0.39, 0.29) is 5.56 Å². The second-order valence-corrected chi connectivity index (χ2v) is 2.05. The van der Waals surface area contributed by atoms with Gasteiger partial charge >= 0.3 is 0 Å². The van der Waals surface area contributed by atoms with Crippen molar-refractivity contribution in [2.45, 2.75) is 0 Å². The molecule has 0 aliphatic rings. The molecule has 2 aromatic heterocycles. The first kappa shape index (κ1) is 6.03. The average molecular weight is 146 g/mol. The summed E-state index contributed by atoms with van der Waals surface area (Å²) in [5.41, 5.74) is 0.409. The van der Waals surface area contributed by atoms with Gasteiger partial charge in [0.1, 0.15) is 6.20 Å². The molecule has 0 aliphatic heterocycles. The molecule has 11 heavy (non-hydrogen) atoms. The molecule has 53 valence electrons. The van der Waals surface area contributed by atoms with Gasteiger partial charge < -0.3 is 4.98 Å². The molecule has 4 heteroatoms. The quantitative estimate of drug-likeness (QED) is 0.574. The van der Waals surface area contributed by atoms with Crippen molar-refractivity contribution in [2.24, 2.45) is 0 Å². The van der Waals surface area contributed by atoms with Gasteiger partial charge in [0.05, 0.1) is 17.2 Å². The molecule has 0 unspecified atom stereocenters. The van der Waals surface area contributed by atoms with Crippen LogP contribution in [-0.4, -0.2) is 15.0 Å². The van der Waals surface area contributed by atoms with Crippen LogP contribution in [0.1, 0.15) is 0 Å². The van der Waals surface area contributed by atoms with Crippen molar-refractivity contribution in [1.29, 1.82) is 0 Å². The maximum atomic E-state index is 11.0. The van der Waals surface area contributed by atoms with Gasteiger partial charge in [-0.15, -0.1) is 0 Å². The summed E-state index contributed by atoms with van der Waals surface area (Å²) in [7, 11) is 0. The van der Waals surface area contributed by atoms with Crippen LogP contribution in [0, 0.1) is 6.20 Å². The number of hydrogen-bond donors (Lipinski definition) is 1. The van der Waals surface area contributed by atoms with Gasteiger partial charge in [0.15, 0.2) is 0 Å². The van der Waals surface area contributed by atoms with Gasteiger partial charge in [-0.2, -0.15) is 0 Å². The number of pyridine rings is 1. The van der Waals surface area contributed by atoms with E-state index in [0.717, 1.165) is 0 Å². The number of aromatic nitrogens is 3. The Morgan fingerprint density at radius 2 is 2.45 bits per heavy atom. The lowest BCUT2D eigenvalue weighted by Gasteiger charge is -1.90. The van der Waals surface area contributed by atoms with Crippen molar-refractivity contribution < 1.29 is 0 Å². The molecule has 0 aliphatic carbocycles. The summed E-state index contributed by atoms with van der Waals surface area (Å²) in [6, 6.07) is 1.67. The predicted octanol–water partition coefficient (Wildman–Crippen LogP) is 0.118. The highest BCUT2D eigenvalue weighted by atomic mass is 16.1. The lowest BCUT2D eigenvalue weighted by molar-refractivity contribution is 1.16. The van der Waals surface area contributed by atoms with Crippen LogP contribution in [0.5, 0.6) is 0 Å². The first-order valence-electron chi connectivity index (χ1n) is 3.08. The zero-order chi connectivity index (χ0) is 7.68. The number of H-pyrrole nitrogens is 1. The Hall–Kier alpha value is -1.71. The Labute approximate surface area is 61.9 Å². The highest BCUT2D eigenvalue weighted by molar-refractivity contribution is 5.74. The molecule has 1 radical (unpaired) electrons. The zero-order valence-electron chi connectivity index (χ0n) is 5.53. The molecule has 2 heterocycles. The maximum absolute atomic E-state index is 11.0. The van der Waals surface area contributed by atoms with Gasteiger partial charge in [0, 0.05) is 6.20 Å². The summed E-state index contributed by atoms with van der Waals surface area (Å²) in [5.74, 6) is 0. The van der Waals surface area contributed by atoms with E-state index in [4.69, 9.17) is 0 Å². The number of nitrogens with zero attached hydrogens (tertiary/aromatic N) is 2. The largest absolute Gasteiger partial charge is 0.313 e. The van der Waals surface area contributed by atoms with Crippen molar-refractivity contribution in [3.63, 3.8) is 0 Å². The van der Waals surface area contributed by atoms with Crippen LogP contribution in [0.4, 0.5) is 0 Å². The second kappa shape index (κ2) is 2.16. The highest BCUT2D eigenvalue weighted by Gasteiger charge is 1.96. The van der Waals surface area contributed by atoms with Crippen molar-refractivity contribution in [1.82, 2.24) is 15.0 Å². The first-order chi connectivity index (χ1) is 5.38. The van der Waals surface area contributed by atoms with E-state index >= 15 is 0 Å². The molecule has 0 saturated carbocycles. The molecule has 2 aromatic rings. The monoisotopic (exact) mass is 146 g/mol. The summed E-state index contributed by atoms with van der Waals surface area (Å²) in [5, 5.41) is 0.398. The Morgan fingerprint density at radius 1 is 1.55 bits per heavy atom. The summed E-state index contributed by atoms with van der Waals surface area (Å²) in [6.45, 7) is 0. The molecule has 0 fully saturated rings. The molecule has 1 N–H and O–H groups in total. The number of nitrogens with one attached hydrogen (secondary N) is 1. The third kappa shape index (κ3) is 0.881. The van der Waals surface area contributed by atoms with Gasteiger partial charge in [-0.05, 0) is 6.07 Å². The molecule has 0 bridgehead atoms. The molecule has 0 saturated heterocycles. The Bertz CT molecular complexity index is 429. The topological polar surface area (TPSA) is 58.6 Å². The fraction of sp³-hybridized carbons (Fsp3) is 0. The lowest BCUT2D eigenvalue weighted by atomic mass is 10.3. The van der Waals surface area contributed by atoms with Crippen LogP contribution in [0.3, 0.4) is 0 Å². The van der Waals surface area contributed by atoms with E-state index < -0.39 is 0 Å². The smallest absolute Gasteiger partial charge is 0.260 e. The number of aromatic amines is 1. The first-order valence-corrected chi connectivity index (χ1v) is 3.08. The fourth-order valence-corrected chi connectivity index (χ4v) is 0.858. The third-order valence-corrected chi connectivity index (χ3v) is 1.37. The Kier molecular flexibility index (Phi) is 1.18. The van der Waals surface area contributed by atoms with Crippen LogP contribution < -0.4 is 5.56 Å². The van der Waals surface area contributed by atoms with Gasteiger partial charge in [0.2, 0.25) is 0 Å². The number of fused-ring (bicyclic) bond motifs is 1. The molecule has 0 aromatic carbocycles. The highest BCUT2D eigenvalue weighted by Crippen LogP contribution is 1.99. The predicted molar refractivity (Wildman–Crippen MR) is 39.0 cm³/mol. The summed E-state index contributed by atoms with van der Waals surface area (Å²) < 4.78 is 0. The molecule has 0 atom stereocenters. The SMILES string of the molecule is O=c1[nH]cnc2ccn[c]c12. The summed E-state index contributed by atoms with van der Waals surface area (Å²) in [6.07, 6.45) is 5.47. The number of hydrogen-bond acceptors (Lipinski definition) is 3. The molecule has 0 amide bonds. The van der Waals surface area contributed by atoms with E-state index in [1.807, 2.05) is 0 Å². The van der Waals surface area contributed by atoms with E-state index in [1.54, 1.807) is 12.3 Å². The molecular weight excluding hydrogens is 142 g/mol. The van der Waals surface area contributed by atoms with Crippen molar-refractivity contribution in [3.05, 3.63) is 35.1 Å². The van der Waals surface area contributed by atoms with Crippen LogP contribution in [0.2, 0.25) is 0 Å². The zero-order valence-corrected chi connectivity index (χ0v) is 5.53. The minimum absolute atomic E-state index is 0.205. The summed E-state index contributed by atoms with van der Waals surface area (Å²) in [4.78, 5) is 21.1. The van der Waals surface area contributed by atoms with E-state index in [2.05, 4.69) is 21.1 Å². The number of rotatable bonds is 0.